The lowest BCUT2D eigenvalue weighted by atomic mass is 10.1. The minimum absolute atomic E-state index is 0.193. The van der Waals surface area contributed by atoms with Gasteiger partial charge in [-0.25, -0.2) is 9.38 Å². The minimum Gasteiger partial charge on any atom is -0.375 e. The van der Waals surface area contributed by atoms with Crippen molar-refractivity contribution in [2.24, 2.45) is 12.0 Å². The molecule has 1 heterocycles. The Labute approximate surface area is 154 Å². The predicted molar refractivity (Wildman–Crippen MR) is 102 cm³/mol. The van der Waals surface area contributed by atoms with Gasteiger partial charge in [0.2, 0.25) is 0 Å². The molecule has 0 fully saturated rings. The lowest BCUT2D eigenvalue weighted by molar-refractivity contribution is 0.106. The summed E-state index contributed by atoms with van der Waals surface area (Å²) >= 11 is 0. The monoisotopic (exact) mass is 361 g/mol. The summed E-state index contributed by atoms with van der Waals surface area (Å²) in [5.74, 6) is 0.452. The highest BCUT2D eigenvalue weighted by Crippen LogP contribution is 2.16. The van der Waals surface area contributed by atoms with Gasteiger partial charge in [-0.3, -0.25) is 4.68 Å². The standard InChI is InChI=1S/C19H28FN5O/c1-6-21-19(22-11-17-13(2)24-25(4)14(17)3)23-12-18(26-5)15-7-9-16(20)10-8-15/h7-10,18H,6,11-12H2,1-5H3,(H2,21,22,23). The second-order valence-corrected chi connectivity index (χ2v) is 6.12. The molecule has 0 amide bonds. The molecule has 0 aliphatic heterocycles. The van der Waals surface area contributed by atoms with Gasteiger partial charge in [-0.2, -0.15) is 5.10 Å². The number of halogens is 1. The van der Waals surface area contributed by atoms with Crippen molar-refractivity contribution >= 4 is 5.96 Å². The third-order valence-corrected chi connectivity index (χ3v) is 4.38. The third kappa shape index (κ3) is 5.05. The second-order valence-electron chi connectivity index (χ2n) is 6.12. The zero-order chi connectivity index (χ0) is 19.1. The number of hydrogen-bond acceptors (Lipinski definition) is 3. The van der Waals surface area contributed by atoms with Crippen LogP contribution in [0.1, 0.15) is 35.5 Å². The molecular formula is C19H28FN5O. The van der Waals surface area contributed by atoms with Crippen LogP contribution in [0.3, 0.4) is 0 Å². The van der Waals surface area contributed by atoms with Gasteiger partial charge in [0, 0.05) is 38.5 Å². The van der Waals surface area contributed by atoms with Gasteiger partial charge < -0.3 is 15.4 Å². The lowest BCUT2D eigenvalue weighted by Gasteiger charge is -2.18. The number of methoxy groups -OCH3 is 1. The van der Waals surface area contributed by atoms with Gasteiger partial charge >= 0.3 is 0 Å². The molecule has 0 saturated heterocycles. The van der Waals surface area contributed by atoms with Crippen LogP contribution in [0.5, 0.6) is 0 Å². The van der Waals surface area contributed by atoms with Crippen LogP contribution in [0.25, 0.3) is 0 Å². The van der Waals surface area contributed by atoms with Crippen LogP contribution < -0.4 is 10.6 Å². The molecule has 2 N–H and O–H groups in total. The van der Waals surface area contributed by atoms with Crippen molar-refractivity contribution in [3.05, 3.63) is 52.6 Å². The molecule has 2 aromatic rings. The summed E-state index contributed by atoms with van der Waals surface area (Å²) in [6, 6.07) is 6.35. The van der Waals surface area contributed by atoms with E-state index in [9.17, 15) is 4.39 Å². The normalized spacial score (nSPS) is 12.9. The average molecular weight is 361 g/mol. The summed E-state index contributed by atoms with van der Waals surface area (Å²) in [6.07, 6.45) is -0.193. The van der Waals surface area contributed by atoms with E-state index < -0.39 is 0 Å². The molecule has 0 radical (unpaired) electrons. The minimum atomic E-state index is -0.256. The Hall–Kier alpha value is -2.41. The zero-order valence-corrected chi connectivity index (χ0v) is 16.1. The van der Waals surface area contributed by atoms with Crippen LogP contribution in [0.4, 0.5) is 4.39 Å². The van der Waals surface area contributed by atoms with Gasteiger partial charge in [0.25, 0.3) is 0 Å². The van der Waals surface area contributed by atoms with E-state index in [-0.39, 0.29) is 11.9 Å². The lowest BCUT2D eigenvalue weighted by Crippen LogP contribution is -2.39. The molecule has 2 rings (SSSR count). The van der Waals surface area contributed by atoms with Gasteiger partial charge in [-0.15, -0.1) is 0 Å². The van der Waals surface area contributed by atoms with Crippen molar-refractivity contribution in [3.8, 4) is 0 Å². The first-order chi connectivity index (χ1) is 12.5. The number of rotatable bonds is 7. The molecule has 6 nitrogen and oxygen atoms in total. The fourth-order valence-electron chi connectivity index (χ4n) is 2.75. The quantitative estimate of drug-likeness (QED) is 0.588. The van der Waals surface area contributed by atoms with E-state index in [1.807, 2.05) is 32.5 Å². The van der Waals surface area contributed by atoms with Gasteiger partial charge in [-0.1, -0.05) is 12.1 Å². The molecule has 0 saturated carbocycles. The first kappa shape index (κ1) is 19.9. The Morgan fingerprint density at radius 1 is 1.27 bits per heavy atom. The van der Waals surface area contributed by atoms with E-state index in [4.69, 9.17) is 4.74 Å². The van der Waals surface area contributed by atoms with Crippen molar-refractivity contribution in [2.45, 2.75) is 33.4 Å². The molecule has 0 aliphatic rings. The van der Waals surface area contributed by atoms with E-state index in [1.54, 1.807) is 19.2 Å². The van der Waals surface area contributed by atoms with Crippen LogP contribution in [-0.2, 0) is 18.3 Å². The Morgan fingerprint density at radius 3 is 2.50 bits per heavy atom. The van der Waals surface area contributed by atoms with Gasteiger partial charge in [0.1, 0.15) is 5.82 Å². The summed E-state index contributed by atoms with van der Waals surface area (Å²) in [4.78, 5) is 4.66. The fourth-order valence-corrected chi connectivity index (χ4v) is 2.75. The van der Waals surface area contributed by atoms with E-state index in [0.29, 0.717) is 19.0 Å². The fraction of sp³-hybridized carbons (Fsp3) is 0.474. The van der Waals surface area contributed by atoms with E-state index in [2.05, 4.69) is 20.7 Å². The number of aromatic nitrogens is 2. The van der Waals surface area contributed by atoms with Crippen LogP contribution in [0.2, 0.25) is 0 Å². The van der Waals surface area contributed by atoms with Crippen LogP contribution in [0, 0.1) is 19.7 Å². The summed E-state index contributed by atoms with van der Waals surface area (Å²) in [6.45, 7) is 7.89. The van der Waals surface area contributed by atoms with Crippen LogP contribution in [0.15, 0.2) is 29.3 Å². The largest absolute Gasteiger partial charge is 0.375 e. The van der Waals surface area contributed by atoms with Crippen molar-refractivity contribution in [1.29, 1.82) is 0 Å². The molecule has 0 spiro atoms. The number of hydrogen-bond donors (Lipinski definition) is 2. The van der Waals surface area contributed by atoms with E-state index in [1.165, 1.54) is 12.1 Å². The molecule has 26 heavy (non-hydrogen) atoms. The average Bonchev–Trinajstić information content (AvgIpc) is 2.86. The SMILES string of the molecule is CCNC(=NCc1c(C)nn(C)c1C)NCC(OC)c1ccc(F)cc1. The Morgan fingerprint density at radius 2 is 1.96 bits per heavy atom. The number of aryl methyl sites for hydroxylation is 2. The molecule has 1 atom stereocenters. The number of nitrogens with zero attached hydrogens (tertiary/aromatic N) is 3. The highest BCUT2D eigenvalue weighted by molar-refractivity contribution is 5.79. The van der Waals surface area contributed by atoms with Crippen molar-refractivity contribution in [2.75, 3.05) is 20.2 Å². The predicted octanol–water partition coefficient (Wildman–Crippen LogP) is 2.62. The summed E-state index contributed by atoms with van der Waals surface area (Å²) in [7, 11) is 3.58. The molecule has 142 valence electrons. The van der Waals surface area contributed by atoms with E-state index in [0.717, 1.165) is 29.1 Å². The van der Waals surface area contributed by atoms with Crippen LogP contribution in [-0.4, -0.2) is 35.9 Å². The van der Waals surface area contributed by atoms with Crippen LogP contribution >= 0.6 is 0 Å². The molecule has 1 unspecified atom stereocenters. The summed E-state index contributed by atoms with van der Waals surface area (Å²) < 4.78 is 20.5. The van der Waals surface area contributed by atoms with Gasteiger partial charge in [0.15, 0.2) is 5.96 Å². The number of guanidine groups is 1. The molecule has 0 bridgehead atoms. The first-order valence-corrected chi connectivity index (χ1v) is 8.75. The maximum absolute atomic E-state index is 13.1. The van der Waals surface area contributed by atoms with Crippen molar-refractivity contribution in [1.82, 2.24) is 20.4 Å². The molecular weight excluding hydrogens is 333 g/mol. The zero-order valence-electron chi connectivity index (χ0n) is 16.1. The Kier molecular flexibility index (Phi) is 7.15. The molecule has 1 aromatic heterocycles. The molecule has 0 aliphatic carbocycles. The summed E-state index contributed by atoms with van der Waals surface area (Å²) in [5, 5.41) is 11.0. The second kappa shape index (κ2) is 9.33. The smallest absolute Gasteiger partial charge is 0.191 e. The number of aliphatic imine (C=N–C) groups is 1. The van der Waals surface area contributed by atoms with E-state index >= 15 is 0 Å². The topological polar surface area (TPSA) is 63.5 Å². The summed E-state index contributed by atoms with van der Waals surface area (Å²) in [5.41, 5.74) is 4.15. The first-order valence-electron chi connectivity index (χ1n) is 8.75. The Bertz CT molecular complexity index is 739. The third-order valence-electron chi connectivity index (χ3n) is 4.38. The van der Waals surface area contributed by atoms with Gasteiger partial charge in [-0.05, 0) is 38.5 Å². The molecule has 7 heteroatoms. The van der Waals surface area contributed by atoms with Crippen molar-refractivity contribution in [3.63, 3.8) is 0 Å². The number of ether oxygens (including phenoxy) is 1. The van der Waals surface area contributed by atoms with Crippen molar-refractivity contribution < 1.29 is 9.13 Å². The maximum atomic E-state index is 13.1. The number of nitrogens with one attached hydrogen (secondary N) is 2. The highest BCUT2D eigenvalue weighted by atomic mass is 19.1. The number of benzene rings is 1. The maximum Gasteiger partial charge on any atom is 0.191 e. The molecule has 1 aromatic carbocycles. The Balaban J connectivity index is 2.05. The highest BCUT2D eigenvalue weighted by Gasteiger charge is 2.12. The van der Waals surface area contributed by atoms with Gasteiger partial charge in [0.05, 0.1) is 18.3 Å².